The number of rotatable bonds is 2. The second-order valence-electron chi connectivity index (χ2n) is 3.55. The van der Waals surface area contributed by atoms with Gasteiger partial charge in [0.05, 0.1) is 19.8 Å². The summed E-state index contributed by atoms with van der Waals surface area (Å²) < 4.78 is 9.84. The average Bonchev–Trinajstić information content (AvgIpc) is 2.30. The Morgan fingerprint density at radius 2 is 2.38 bits per heavy atom. The van der Waals surface area contributed by atoms with E-state index < -0.39 is 6.09 Å². The Labute approximate surface area is 93.0 Å². The van der Waals surface area contributed by atoms with Gasteiger partial charge < -0.3 is 19.9 Å². The van der Waals surface area contributed by atoms with Crippen LogP contribution in [0.1, 0.15) is 18.0 Å². The highest BCUT2D eigenvalue weighted by molar-refractivity contribution is 5.69. The van der Waals surface area contributed by atoms with Crippen LogP contribution < -0.4 is 10.1 Å². The third kappa shape index (κ3) is 2.03. The molecular weight excluding hydrogens is 210 g/mol. The van der Waals surface area contributed by atoms with E-state index in [0.717, 1.165) is 0 Å². The van der Waals surface area contributed by atoms with Crippen LogP contribution in [0.5, 0.6) is 11.5 Å². The third-order valence-electron chi connectivity index (χ3n) is 2.54. The SMILES string of the molecule is COc1ccc(O)c([C@H]2CCOC(=O)N2)c1. The zero-order chi connectivity index (χ0) is 11.5. The van der Waals surface area contributed by atoms with Crippen molar-refractivity contribution in [1.82, 2.24) is 5.32 Å². The number of aromatic hydroxyl groups is 1. The number of amides is 1. The van der Waals surface area contributed by atoms with Gasteiger partial charge in [0.25, 0.3) is 0 Å². The molecule has 0 saturated carbocycles. The first-order chi connectivity index (χ1) is 7.70. The fourth-order valence-corrected chi connectivity index (χ4v) is 1.70. The highest BCUT2D eigenvalue weighted by Crippen LogP contribution is 2.31. The van der Waals surface area contributed by atoms with E-state index in [1.165, 1.54) is 0 Å². The van der Waals surface area contributed by atoms with Gasteiger partial charge in [-0.1, -0.05) is 0 Å². The van der Waals surface area contributed by atoms with Crippen LogP contribution in [0.3, 0.4) is 0 Å². The molecule has 5 nitrogen and oxygen atoms in total. The topological polar surface area (TPSA) is 67.8 Å². The maximum Gasteiger partial charge on any atom is 0.407 e. The molecule has 1 heterocycles. The Kier molecular flexibility index (Phi) is 2.85. The Morgan fingerprint density at radius 1 is 1.56 bits per heavy atom. The summed E-state index contributed by atoms with van der Waals surface area (Å²) in [5.74, 6) is 0.793. The van der Waals surface area contributed by atoms with Gasteiger partial charge in [0.2, 0.25) is 0 Å². The van der Waals surface area contributed by atoms with Crippen molar-refractivity contribution in [1.29, 1.82) is 0 Å². The molecule has 1 fully saturated rings. The summed E-state index contributed by atoms with van der Waals surface area (Å²) in [5, 5.41) is 12.4. The van der Waals surface area contributed by atoms with Crippen LogP contribution in [0, 0.1) is 0 Å². The summed E-state index contributed by atoms with van der Waals surface area (Å²) in [6.07, 6.45) is 0.172. The number of benzene rings is 1. The molecule has 16 heavy (non-hydrogen) atoms. The van der Waals surface area contributed by atoms with Gasteiger partial charge in [-0.25, -0.2) is 4.79 Å². The highest BCUT2D eigenvalue weighted by atomic mass is 16.5. The third-order valence-corrected chi connectivity index (χ3v) is 2.54. The lowest BCUT2D eigenvalue weighted by molar-refractivity contribution is 0.115. The van der Waals surface area contributed by atoms with Crippen LogP contribution in [0.2, 0.25) is 0 Å². The lowest BCUT2D eigenvalue weighted by atomic mass is 10.0. The number of ether oxygens (including phenoxy) is 2. The standard InChI is InChI=1S/C11H13NO4/c1-15-7-2-3-10(13)8(6-7)9-4-5-16-11(14)12-9/h2-3,6,9,13H,4-5H2,1H3,(H,12,14)/t9-/m1/s1. The smallest absolute Gasteiger partial charge is 0.407 e. The first-order valence-corrected chi connectivity index (χ1v) is 5.01. The van der Waals surface area contributed by atoms with Crippen LogP contribution in [0.15, 0.2) is 18.2 Å². The molecule has 1 aromatic carbocycles. The molecule has 0 radical (unpaired) electrons. The molecule has 2 N–H and O–H groups in total. The van der Waals surface area contributed by atoms with Crippen molar-refractivity contribution in [3.05, 3.63) is 23.8 Å². The summed E-state index contributed by atoms with van der Waals surface area (Å²) in [7, 11) is 1.55. The van der Waals surface area contributed by atoms with Gasteiger partial charge in [-0.2, -0.15) is 0 Å². The van der Waals surface area contributed by atoms with E-state index in [1.807, 2.05) is 0 Å². The summed E-state index contributed by atoms with van der Waals surface area (Å²) in [6, 6.07) is 4.71. The number of phenolic OH excluding ortho intramolecular Hbond substituents is 1. The van der Waals surface area contributed by atoms with Crippen molar-refractivity contribution < 1.29 is 19.4 Å². The molecule has 0 bridgehead atoms. The van der Waals surface area contributed by atoms with E-state index in [2.05, 4.69) is 5.32 Å². The van der Waals surface area contributed by atoms with Gasteiger partial charge in [0, 0.05) is 12.0 Å². The number of hydrogen-bond acceptors (Lipinski definition) is 4. The lowest BCUT2D eigenvalue weighted by Crippen LogP contribution is -2.35. The lowest BCUT2D eigenvalue weighted by Gasteiger charge is -2.24. The zero-order valence-electron chi connectivity index (χ0n) is 8.90. The number of carbonyl (C=O) groups excluding carboxylic acids is 1. The monoisotopic (exact) mass is 223 g/mol. The number of methoxy groups -OCH3 is 1. The van der Waals surface area contributed by atoms with Crippen molar-refractivity contribution >= 4 is 6.09 Å². The average molecular weight is 223 g/mol. The van der Waals surface area contributed by atoms with Gasteiger partial charge in [0.1, 0.15) is 11.5 Å². The number of alkyl carbamates (subject to hydrolysis) is 1. The largest absolute Gasteiger partial charge is 0.508 e. The molecule has 0 aliphatic carbocycles. The number of nitrogens with one attached hydrogen (secondary N) is 1. The van der Waals surface area contributed by atoms with Crippen LogP contribution in [0.4, 0.5) is 4.79 Å². The quantitative estimate of drug-likeness (QED) is 0.798. The van der Waals surface area contributed by atoms with Crippen molar-refractivity contribution in [3.63, 3.8) is 0 Å². The number of phenols is 1. The van der Waals surface area contributed by atoms with Crippen LogP contribution in [0.25, 0.3) is 0 Å². The fourth-order valence-electron chi connectivity index (χ4n) is 1.70. The van der Waals surface area contributed by atoms with E-state index in [0.29, 0.717) is 24.3 Å². The minimum atomic E-state index is -0.460. The molecule has 86 valence electrons. The van der Waals surface area contributed by atoms with Gasteiger partial charge >= 0.3 is 6.09 Å². The minimum absolute atomic E-state index is 0.146. The van der Waals surface area contributed by atoms with Gasteiger partial charge in [0.15, 0.2) is 0 Å². The molecule has 1 saturated heterocycles. The second-order valence-corrected chi connectivity index (χ2v) is 3.55. The summed E-state index contributed by atoms with van der Waals surface area (Å²) in [4.78, 5) is 11.1. The van der Waals surface area contributed by atoms with E-state index >= 15 is 0 Å². The molecule has 0 aromatic heterocycles. The van der Waals surface area contributed by atoms with E-state index in [9.17, 15) is 9.90 Å². The van der Waals surface area contributed by atoms with Crippen LogP contribution in [-0.2, 0) is 4.74 Å². The molecule has 1 atom stereocenters. The molecule has 1 aliphatic rings. The van der Waals surface area contributed by atoms with Gasteiger partial charge in [-0.15, -0.1) is 0 Å². The van der Waals surface area contributed by atoms with Crippen molar-refractivity contribution in [2.75, 3.05) is 13.7 Å². The summed E-state index contributed by atoms with van der Waals surface area (Å²) in [5.41, 5.74) is 0.649. The van der Waals surface area contributed by atoms with Gasteiger partial charge in [-0.05, 0) is 18.2 Å². The van der Waals surface area contributed by atoms with Crippen molar-refractivity contribution in [3.8, 4) is 11.5 Å². The predicted octanol–water partition coefficient (Wildman–Crippen LogP) is 1.57. The Hall–Kier alpha value is -1.91. The van der Waals surface area contributed by atoms with E-state index in [1.54, 1.807) is 25.3 Å². The van der Waals surface area contributed by atoms with E-state index in [4.69, 9.17) is 9.47 Å². The van der Waals surface area contributed by atoms with Crippen LogP contribution >= 0.6 is 0 Å². The summed E-state index contributed by atoms with van der Waals surface area (Å²) >= 11 is 0. The second kappa shape index (κ2) is 4.30. The molecular formula is C11H13NO4. The maximum atomic E-state index is 11.1. The number of cyclic esters (lactones) is 1. The Morgan fingerprint density at radius 3 is 3.06 bits per heavy atom. The first kappa shape index (κ1) is 10.6. The molecule has 0 unspecified atom stereocenters. The molecule has 1 aromatic rings. The molecule has 1 amide bonds. The zero-order valence-corrected chi connectivity index (χ0v) is 8.90. The van der Waals surface area contributed by atoms with E-state index in [-0.39, 0.29) is 11.8 Å². The minimum Gasteiger partial charge on any atom is -0.508 e. The maximum absolute atomic E-state index is 11.1. The highest BCUT2D eigenvalue weighted by Gasteiger charge is 2.23. The Balaban J connectivity index is 2.27. The number of hydrogen-bond donors (Lipinski definition) is 2. The van der Waals surface area contributed by atoms with Gasteiger partial charge in [-0.3, -0.25) is 0 Å². The molecule has 2 rings (SSSR count). The molecule has 0 spiro atoms. The number of carbonyl (C=O) groups is 1. The van der Waals surface area contributed by atoms with Crippen molar-refractivity contribution in [2.45, 2.75) is 12.5 Å². The Bertz CT molecular complexity index is 405. The summed E-state index contributed by atoms with van der Waals surface area (Å²) in [6.45, 7) is 0.354. The van der Waals surface area contributed by atoms with Crippen LogP contribution in [-0.4, -0.2) is 24.9 Å². The fraction of sp³-hybridized carbons (Fsp3) is 0.364. The van der Waals surface area contributed by atoms with Crippen molar-refractivity contribution in [2.24, 2.45) is 0 Å². The first-order valence-electron chi connectivity index (χ1n) is 5.01. The normalized spacial score (nSPS) is 19.8. The molecule has 5 heteroatoms. The molecule has 1 aliphatic heterocycles. The predicted molar refractivity (Wildman–Crippen MR) is 56.5 cm³/mol.